The molecule has 110 valence electrons. The smallest absolute Gasteiger partial charge is 0.161 e. The predicted molar refractivity (Wildman–Crippen MR) is 86.1 cm³/mol. The quantitative estimate of drug-likeness (QED) is 0.638. The van der Waals surface area contributed by atoms with Crippen LogP contribution in [0.4, 0.5) is 4.39 Å². The number of benzene rings is 1. The van der Waals surface area contributed by atoms with E-state index in [1.165, 1.54) is 25.0 Å². The molecule has 0 atom stereocenters. The zero-order chi connectivity index (χ0) is 15.0. The zero-order valence-corrected chi connectivity index (χ0v) is 14.0. The van der Waals surface area contributed by atoms with Crippen LogP contribution in [0.2, 0.25) is 5.15 Å². The lowest BCUT2D eigenvalue weighted by atomic mass is 10.0. The monoisotopic (exact) mass is 368 g/mol. The van der Waals surface area contributed by atoms with Crippen LogP contribution in [0.3, 0.4) is 0 Å². The fourth-order valence-electron chi connectivity index (χ4n) is 2.90. The summed E-state index contributed by atoms with van der Waals surface area (Å²) in [6, 6.07) is 4.81. The van der Waals surface area contributed by atoms with Crippen molar-refractivity contribution in [2.75, 3.05) is 0 Å². The maximum atomic E-state index is 13.6. The van der Waals surface area contributed by atoms with E-state index < -0.39 is 0 Å². The van der Waals surface area contributed by atoms with E-state index in [2.05, 4.69) is 25.9 Å². The molecule has 3 rings (SSSR count). The van der Waals surface area contributed by atoms with Gasteiger partial charge < -0.3 is 0 Å². The van der Waals surface area contributed by atoms with Gasteiger partial charge in [0.25, 0.3) is 0 Å². The summed E-state index contributed by atoms with van der Waals surface area (Å²) >= 11 is 9.73. The number of hydrogen-bond acceptors (Lipinski definition) is 2. The lowest BCUT2D eigenvalue weighted by Crippen LogP contribution is -2.03. The third-order valence-electron chi connectivity index (χ3n) is 3.88. The lowest BCUT2D eigenvalue weighted by molar-refractivity contribution is 0.627. The average molecular weight is 370 g/mol. The molecule has 0 spiro atoms. The minimum atomic E-state index is -0.282. The molecular formula is C16H15BrClFN2. The Hall–Kier alpha value is -1.00. The van der Waals surface area contributed by atoms with Crippen molar-refractivity contribution in [2.24, 2.45) is 0 Å². The van der Waals surface area contributed by atoms with Gasteiger partial charge in [0.1, 0.15) is 11.0 Å². The molecule has 1 fully saturated rings. The predicted octanol–water partition coefficient (Wildman–Crippen LogP) is 5.66. The summed E-state index contributed by atoms with van der Waals surface area (Å²) in [7, 11) is 0. The highest BCUT2D eigenvalue weighted by molar-refractivity contribution is 9.10. The lowest BCUT2D eigenvalue weighted by Gasteiger charge is -2.13. The van der Waals surface area contributed by atoms with Crippen molar-refractivity contribution >= 4 is 27.5 Å². The van der Waals surface area contributed by atoms with Crippen LogP contribution in [0.5, 0.6) is 0 Å². The molecule has 0 bridgehead atoms. The Morgan fingerprint density at radius 2 is 1.90 bits per heavy atom. The molecule has 1 aromatic carbocycles. The van der Waals surface area contributed by atoms with Crippen molar-refractivity contribution in [3.63, 3.8) is 0 Å². The van der Waals surface area contributed by atoms with Gasteiger partial charge in [0.2, 0.25) is 0 Å². The van der Waals surface area contributed by atoms with Crippen LogP contribution in [0.1, 0.15) is 42.9 Å². The second-order valence-corrected chi connectivity index (χ2v) is 6.69. The van der Waals surface area contributed by atoms with Gasteiger partial charge in [0, 0.05) is 11.5 Å². The first kappa shape index (κ1) is 14.9. The Morgan fingerprint density at radius 3 is 2.57 bits per heavy atom. The normalized spacial score (nSPS) is 15.6. The minimum absolute atomic E-state index is 0.282. The van der Waals surface area contributed by atoms with E-state index >= 15 is 0 Å². The number of aromatic nitrogens is 2. The van der Waals surface area contributed by atoms with Crippen molar-refractivity contribution in [1.82, 2.24) is 9.97 Å². The molecule has 2 aromatic rings. The molecule has 1 aliphatic rings. The van der Waals surface area contributed by atoms with Crippen LogP contribution in [0.25, 0.3) is 11.4 Å². The van der Waals surface area contributed by atoms with Crippen molar-refractivity contribution in [3.05, 3.63) is 44.9 Å². The fourth-order valence-corrected chi connectivity index (χ4v) is 3.58. The van der Waals surface area contributed by atoms with Crippen LogP contribution < -0.4 is 0 Å². The molecule has 1 heterocycles. The second-order valence-electron chi connectivity index (χ2n) is 5.54. The summed E-state index contributed by atoms with van der Waals surface area (Å²) in [5.41, 5.74) is 2.46. The highest BCUT2D eigenvalue weighted by Crippen LogP contribution is 2.39. The Bertz CT molecular complexity index is 664. The van der Waals surface area contributed by atoms with Crippen molar-refractivity contribution in [3.8, 4) is 11.4 Å². The third-order valence-corrected chi connectivity index (χ3v) is 5.16. The van der Waals surface area contributed by atoms with Crippen LogP contribution in [0.15, 0.2) is 22.7 Å². The highest BCUT2D eigenvalue weighted by Gasteiger charge is 2.23. The molecule has 0 unspecified atom stereocenters. The van der Waals surface area contributed by atoms with Crippen molar-refractivity contribution in [2.45, 2.75) is 38.5 Å². The van der Waals surface area contributed by atoms with Crippen molar-refractivity contribution in [1.29, 1.82) is 0 Å². The maximum absolute atomic E-state index is 13.6. The Balaban J connectivity index is 2.10. The molecule has 0 amide bonds. The minimum Gasteiger partial charge on any atom is -0.231 e. The summed E-state index contributed by atoms with van der Waals surface area (Å²) in [5, 5.41) is 0.392. The Labute approximate surface area is 136 Å². The topological polar surface area (TPSA) is 25.8 Å². The molecule has 5 heteroatoms. The van der Waals surface area contributed by atoms with E-state index in [9.17, 15) is 4.39 Å². The van der Waals surface area contributed by atoms with E-state index in [0.29, 0.717) is 22.5 Å². The first-order valence-corrected chi connectivity index (χ1v) is 8.22. The molecule has 1 saturated carbocycles. The number of hydrogen-bond donors (Lipinski definition) is 0. The van der Waals surface area contributed by atoms with Gasteiger partial charge in [-0.05, 0) is 59.5 Å². The van der Waals surface area contributed by atoms with Gasteiger partial charge in [-0.1, -0.05) is 24.4 Å². The summed E-state index contributed by atoms with van der Waals surface area (Å²) < 4.78 is 14.4. The van der Waals surface area contributed by atoms with Gasteiger partial charge in [0.05, 0.1) is 10.2 Å². The first-order valence-electron chi connectivity index (χ1n) is 7.05. The second kappa shape index (κ2) is 6.01. The first-order chi connectivity index (χ1) is 10.0. The van der Waals surface area contributed by atoms with E-state index in [1.807, 2.05) is 13.0 Å². The van der Waals surface area contributed by atoms with Crippen LogP contribution >= 0.6 is 27.5 Å². The van der Waals surface area contributed by atoms with Gasteiger partial charge in [-0.25, -0.2) is 14.4 Å². The van der Waals surface area contributed by atoms with Gasteiger partial charge in [-0.3, -0.25) is 0 Å². The third kappa shape index (κ3) is 3.11. The molecule has 0 N–H and O–H groups in total. The molecule has 0 aliphatic heterocycles. The average Bonchev–Trinajstić information content (AvgIpc) is 2.94. The molecule has 1 aliphatic carbocycles. The molecule has 1 aromatic heterocycles. The highest BCUT2D eigenvalue weighted by atomic mass is 79.9. The number of nitrogens with zero attached hydrogens (tertiary/aromatic N) is 2. The SMILES string of the molecule is Cc1cc(F)cc(-c2nc(Cl)c(Br)c(C3CCCC3)n2)c1. The van der Waals surface area contributed by atoms with Crippen LogP contribution in [-0.2, 0) is 0 Å². The fraction of sp³-hybridized carbons (Fsp3) is 0.375. The van der Waals surface area contributed by atoms with Crippen molar-refractivity contribution < 1.29 is 4.39 Å². The molecule has 0 radical (unpaired) electrons. The number of halogens is 3. The Kier molecular flexibility index (Phi) is 4.27. The summed E-state index contributed by atoms with van der Waals surface area (Å²) in [6.45, 7) is 1.85. The maximum Gasteiger partial charge on any atom is 0.161 e. The summed E-state index contributed by atoms with van der Waals surface area (Å²) in [4.78, 5) is 8.96. The zero-order valence-electron chi connectivity index (χ0n) is 11.7. The number of aryl methyl sites for hydroxylation is 1. The van der Waals surface area contributed by atoms with Crippen LogP contribution in [-0.4, -0.2) is 9.97 Å². The molecule has 0 saturated heterocycles. The van der Waals surface area contributed by atoms with Gasteiger partial charge in [0.15, 0.2) is 5.82 Å². The summed E-state index contributed by atoms with van der Waals surface area (Å²) in [5.74, 6) is 0.621. The standard InChI is InChI=1S/C16H15BrClFN2/c1-9-6-11(8-12(19)7-9)16-20-14(10-4-2-3-5-10)13(17)15(18)21-16/h6-8,10H,2-5H2,1H3. The molecule has 21 heavy (non-hydrogen) atoms. The van der Waals surface area contributed by atoms with Gasteiger partial charge in [-0.2, -0.15) is 0 Å². The molecular weight excluding hydrogens is 355 g/mol. The van der Waals surface area contributed by atoms with Gasteiger partial charge in [-0.15, -0.1) is 0 Å². The molecule has 2 nitrogen and oxygen atoms in total. The van der Waals surface area contributed by atoms with E-state index in [4.69, 9.17) is 11.6 Å². The Morgan fingerprint density at radius 1 is 1.19 bits per heavy atom. The van der Waals surface area contributed by atoms with Gasteiger partial charge >= 0.3 is 0 Å². The van der Waals surface area contributed by atoms with E-state index in [0.717, 1.165) is 28.6 Å². The number of rotatable bonds is 2. The largest absolute Gasteiger partial charge is 0.231 e. The van der Waals surface area contributed by atoms with E-state index in [-0.39, 0.29) is 5.82 Å². The summed E-state index contributed by atoms with van der Waals surface area (Å²) in [6.07, 6.45) is 4.67. The van der Waals surface area contributed by atoms with Crippen LogP contribution in [0, 0.1) is 12.7 Å². The van der Waals surface area contributed by atoms with E-state index in [1.54, 1.807) is 0 Å².